The Bertz CT molecular complexity index is 1030. The fourth-order valence-electron chi connectivity index (χ4n) is 5.14. The minimum Gasteiger partial charge on any atom is -0.349 e. The van der Waals surface area contributed by atoms with Gasteiger partial charge in [0.2, 0.25) is 0 Å². The van der Waals surface area contributed by atoms with E-state index in [-0.39, 0.29) is 24.4 Å². The molecule has 0 spiro atoms. The maximum absolute atomic E-state index is 13.5. The van der Waals surface area contributed by atoms with Gasteiger partial charge in [-0.15, -0.1) is 12.4 Å². The fraction of sp³-hybridized carbons (Fsp3) is 0.375. The third-order valence-corrected chi connectivity index (χ3v) is 6.44. The van der Waals surface area contributed by atoms with E-state index in [1.807, 2.05) is 18.2 Å². The Hall–Kier alpha value is -2.30. The number of carbonyl (C=O) groups is 1. The van der Waals surface area contributed by atoms with Crippen molar-refractivity contribution in [1.29, 1.82) is 0 Å². The predicted molar refractivity (Wildman–Crippen MR) is 121 cm³/mol. The van der Waals surface area contributed by atoms with Crippen LogP contribution in [0.1, 0.15) is 41.6 Å². The van der Waals surface area contributed by atoms with Crippen LogP contribution < -0.4 is 10.6 Å². The van der Waals surface area contributed by atoms with Crippen LogP contribution in [0.4, 0.5) is 0 Å². The van der Waals surface area contributed by atoms with E-state index in [0.29, 0.717) is 12.1 Å². The Morgan fingerprint density at radius 2 is 1.76 bits per heavy atom. The van der Waals surface area contributed by atoms with Gasteiger partial charge >= 0.3 is 0 Å². The monoisotopic (exact) mass is 409 g/mol. The van der Waals surface area contributed by atoms with Crippen LogP contribution in [0.2, 0.25) is 0 Å². The summed E-state index contributed by atoms with van der Waals surface area (Å²) in [6.45, 7) is 2.10. The summed E-state index contributed by atoms with van der Waals surface area (Å²) in [5, 5.41) is 8.06. The maximum Gasteiger partial charge on any atom is 0.254 e. The molecule has 0 aliphatic carbocycles. The highest BCUT2D eigenvalue weighted by molar-refractivity contribution is 6.13. The molecule has 1 aromatic heterocycles. The first-order valence-corrected chi connectivity index (χ1v) is 10.3. The third-order valence-electron chi connectivity index (χ3n) is 6.44. The molecule has 3 atom stereocenters. The number of halogens is 1. The maximum atomic E-state index is 13.5. The van der Waals surface area contributed by atoms with Crippen molar-refractivity contribution in [3.05, 3.63) is 59.7 Å². The number of hydrogen-bond acceptors (Lipinski definition) is 2. The lowest BCUT2D eigenvalue weighted by Crippen LogP contribution is -2.48. The van der Waals surface area contributed by atoms with E-state index < -0.39 is 0 Å². The molecule has 3 heterocycles. The molecule has 2 N–H and O–H groups in total. The van der Waals surface area contributed by atoms with Gasteiger partial charge in [0.15, 0.2) is 0 Å². The smallest absolute Gasteiger partial charge is 0.254 e. The molecule has 4 nitrogen and oxygen atoms in total. The molecule has 0 saturated carbocycles. The first-order valence-electron chi connectivity index (χ1n) is 10.3. The number of carbonyl (C=O) groups excluding carboxylic acids is 1. The summed E-state index contributed by atoms with van der Waals surface area (Å²) >= 11 is 0. The summed E-state index contributed by atoms with van der Waals surface area (Å²) in [5.74, 6) is 0.0552. The number of aromatic nitrogens is 1. The van der Waals surface area contributed by atoms with Crippen molar-refractivity contribution < 1.29 is 4.79 Å². The van der Waals surface area contributed by atoms with E-state index in [4.69, 9.17) is 0 Å². The molecule has 3 aromatic rings. The van der Waals surface area contributed by atoms with Crippen LogP contribution in [0, 0.1) is 6.92 Å². The second-order valence-electron chi connectivity index (χ2n) is 8.45. The molecule has 2 bridgehead atoms. The van der Waals surface area contributed by atoms with Crippen molar-refractivity contribution in [2.45, 2.75) is 50.7 Å². The molecule has 2 aromatic carbocycles. The summed E-state index contributed by atoms with van der Waals surface area (Å²) in [4.78, 5) is 13.5. The molecule has 2 aliphatic heterocycles. The quantitative estimate of drug-likeness (QED) is 0.664. The minimum absolute atomic E-state index is 0. The van der Waals surface area contributed by atoms with E-state index >= 15 is 0 Å². The van der Waals surface area contributed by atoms with Gasteiger partial charge in [-0.2, -0.15) is 0 Å². The molecule has 0 radical (unpaired) electrons. The molecule has 2 fully saturated rings. The van der Waals surface area contributed by atoms with Crippen LogP contribution in [0.25, 0.3) is 22.2 Å². The number of rotatable bonds is 3. The van der Waals surface area contributed by atoms with Crippen molar-refractivity contribution in [1.82, 2.24) is 15.2 Å². The highest BCUT2D eigenvalue weighted by Gasteiger charge is 2.35. The first kappa shape index (κ1) is 20.0. The lowest BCUT2D eigenvalue weighted by atomic mass is 9.98. The van der Waals surface area contributed by atoms with Crippen LogP contribution in [0.3, 0.4) is 0 Å². The summed E-state index contributed by atoms with van der Waals surface area (Å²) in [6.07, 6.45) is 4.54. The molecule has 0 unspecified atom stereocenters. The Morgan fingerprint density at radius 3 is 2.45 bits per heavy atom. The van der Waals surface area contributed by atoms with Gasteiger partial charge in [0.1, 0.15) is 0 Å². The third kappa shape index (κ3) is 3.56. The highest BCUT2D eigenvalue weighted by Crippen LogP contribution is 2.34. The normalized spacial score (nSPS) is 23.0. The molecular formula is C24H28ClN3O. The largest absolute Gasteiger partial charge is 0.349 e. The minimum atomic E-state index is 0. The predicted octanol–water partition coefficient (Wildman–Crippen LogP) is 4.59. The Kier molecular flexibility index (Phi) is 5.41. The Labute approximate surface area is 178 Å². The van der Waals surface area contributed by atoms with Gasteiger partial charge in [-0.05, 0) is 49.8 Å². The van der Waals surface area contributed by atoms with Gasteiger partial charge in [-0.1, -0.05) is 42.5 Å². The number of piperidine rings is 1. The summed E-state index contributed by atoms with van der Waals surface area (Å²) < 4.78 is 2.17. The average Bonchev–Trinajstić information content (AvgIpc) is 3.18. The zero-order valence-electron chi connectivity index (χ0n) is 16.9. The molecule has 1 amide bonds. The molecular weight excluding hydrogens is 382 g/mol. The first-order chi connectivity index (χ1) is 13.6. The van der Waals surface area contributed by atoms with E-state index in [1.165, 1.54) is 18.4 Å². The van der Waals surface area contributed by atoms with Crippen molar-refractivity contribution in [2.24, 2.45) is 7.05 Å². The van der Waals surface area contributed by atoms with Gasteiger partial charge in [0.25, 0.3) is 5.91 Å². The molecule has 2 saturated heterocycles. The second kappa shape index (κ2) is 7.85. The number of nitrogens with zero attached hydrogens (tertiary/aromatic N) is 1. The number of hydrogen-bond donors (Lipinski definition) is 2. The number of benzene rings is 2. The topological polar surface area (TPSA) is 46.1 Å². The van der Waals surface area contributed by atoms with Crippen LogP contribution in [-0.4, -0.2) is 28.6 Å². The van der Waals surface area contributed by atoms with Gasteiger partial charge in [0, 0.05) is 36.1 Å². The summed E-state index contributed by atoms with van der Waals surface area (Å²) in [5.41, 5.74) is 5.18. The lowest BCUT2D eigenvalue weighted by Gasteiger charge is -2.29. The van der Waals surface area contributed by atoms with E-state index in [0.717, 1.165) is 40.6 Å². The van der Waals surface area contributed by atoms with Crippen LogP contribution >= 0.6 is 12.4 Å². The summed E-state index contributed by atoms with van der Waals surface area (Å²) in [7, 11) is 2.06. The van der Waals surface area contributed by atoms with Crippen molar-refractivity contribution in [3.63, 3.8) is 0 Å². The van der Waals surface area contributed by atoms with Gasteiger partial charge in [-0.25, -0.2) is 0 Å². The number of nitrogens with one attached hydrogen (secondary N) is 2. The average molecular weight is 410 g/mol. The molecule has 5 rings (SSSR count). The standard InChI is InChI=1S/C24H27N3O.ClH/c1-15-8-11-20-21(12-15)27(2)23(16-6-4-3-5-7-16)22(20)24(28)26-19-13-17-9-10-18(14-19)25-17;/h3-8,11-12,17-19,25H,9-10,13-14H2,1-2H3,(H,26,28);1H/t17-,18+,19+;. The zero-order chi connectivity index (χ0) is 19.3. The molecule has 29 heavy (non-hydrogen) atoms. The second-order valence-corrected chi connectivity index (χ2v) is 8.45. The summed E-state index contributed by atoms with van der Waals surface area (Å²) in [6, 6.07) is 18.0. The van der Waals surface area contributed by atoms with Crippen molar-refractivity contribution in [2.75, 3.05) is 0 Å². The molecule has 152 valence electrons. The number of amides is 1. The highest BCUT2D eigenvalue weighted by atomic mass is 35.5. The van der Waals surface area contributed by atoms with Crippen LogP contribution in [0.15, 0.2) is 48.5 Å². The van der Waals surface area contributed by atoms with E-state index in [9.17, 15) is 4.79 Å². The number of fused-ring (bicyclic) bond motifs is 3. The van der Waals surface area contributed by atoms with Gasteiger partial charge < -0.3 is 15.2 Å². The van der Waals surface area contributed by atoms with E-state index in [1.54, 1.807) is 0 Å². The van der Waals surface area contributed by atoms with Crippen LogP contribution in [-0.2, 0) is 7.05 Å². The molecule has 2 aliphatic rings. The Balaban J connectivity index is 0.00000205. The number of aryl methyl sites for hydroxylation is 2. The Morgan fingerprint density at radius 1 is 1.07 bits per heavy atom. The SMILES string of the molecule is Cc1ccc2c(C(=O)N[C@H]3C[C@H]4CC[C@@H](C3)N4)c(-c3ccccc3)n(C)c2c1.Cl. The van der Waals surface area contributed by atoms with Crippen LogP contribution in [0.5, 0.6) is 0 Å². The van der Waals surface area contributed by atoms with Gasteiger partial charge in [-0.3, -0.25) is 4.79 Å². The van der Waals surface area contributed by atoms with Gasteiger partial charge in [0.05, 0.1) is 11.3 Å². The zero-order valence-corrected chi connectivity index (χ0v) is 17.8. The molecule has 5 heteroatoms. The van der Waals surface area contributed by atoms with Crippen molar-refractivity contribution >= 4 is 29.2 Å². The fourth-order valence-corrected chi connectivity index (χ4v) is 5.14. The lowest BCUT2D eigenvalue weighted by molar-refractivity contribution is 0.0926. The van der Waals surface area contributed by atoms with E-state index in [2.05, 4.69) is 59.5 Å². The van der Waals surface area contributed by atoms with Crippen molar-refractivity contribution in [3.8, 4) is 11.3 Å².